The number of likely N-dealkylation sites (tertiary alicyclic amines) is 1. The summed E-state index contributed by atoms with van der Waals surface area (Å²) in [5.41, 5.74) is 2.00. The van der Waals surface area contributed by atoms with E-state index in [-0.39, 0.29) is 5.92 Å². The van der Waals surface area contributed by atoms with Crippen molar-refractivity contribution in [1.82, 2.24) is 19.8 Å². The lowest BCUT2D eigenvalue weighted by atomic mass is 9.93. The minimum atomic E-state index is 0.203. The lowest BCUT2D eigenvalue weighted by molar-refractivity contribution is -0.136. The molecular formula is C25H32N4O2. The van der Waals surface area contributed by atoms with Gasteiger partial charge < -0.3 is 9.64 Å². The highest BCUT2D eigenvalue weighted by atomic mass is 16.5. The van der Waals surface area contributed by atoms with Crippen molar-refractivity contribution in [1.29, 1.82) is 0 Å². The van der Waals surface area contributed by atoms with Crippen molar-refractivity contribution in [3.63, 3.8) is 0 Å². The Labute approximate surface area is 184 Å². The topological polar surface area (TPSA) is 58.6 Å². The van der Waals surface area contributed by atoms with E-state index in [1.807, 2.05) is 36.5 Å². The number of carbonyl (C=O) groups is 1. The molecule has 3 aliphatic rings. The predicted octanol–water partition coefficient (Wildman–Crippen LogP) is 3.73. The number of piperidine rings is 2. The maximum atomic E-state index is 13.1. The smallest absolute Gasteiger partial charge is 0.227 e. The van der Waals surface area contributed by atoms with Crippen LogP contribution in [0.5, 0.6) is 5.75 Å². The van der Waals surface area contributed by atoms with Crippen molar-refractivity contribution in [2.24, 2.45) is 5.92 Å². The molecule has 164 valence electrons. The van der Waals surface area contributed by atoms with Crippen molar-refractivity contribution < 1.29 is 9.53 Å². The van der Waals surface area contributed by atoms with E-state index in [4.69, 9.17) is 9.72 Å². The van der Waals surface area contributed by atoms with E-state index in [9.17, 15) is 4.79 Å². The summed E-state index contributed by atoms with van der Waals surface area (Å²) >= 11 is 0. The number of ether oxygens (including phenoxy) is 1. The fourth-order valence-electron chi connectivity index (χ4n) is 5.54. The van der Waals surface area contributed by atoms with Crippen LogP contribution in [0.15, 0.2) is 36.5 Å². The van der Waals surface area contributed by atoms with Gasteiger partial charge in [-0.15, -0.1) is 0 Å². The van der Waals surface area contributed by atoms with E-state index >= 15 is 0 Å². The van der Waals surface area contributed by atoms with Gasteiger partial charge in [-0.05, 0) is 69.0 Å². The third-order valence-electron chi connectivity index (χ3n) is 7.34. The number of methoxy groups -OCH3 is 1. The first-order valence-electron chi connectivity index (χ1n) is 11.7. The summed E-state index contributed by atoms with van der Waals surface area (Å²) in [6.07, 6.45) is 8.68. The zero-order chi connectivity index (χ0) is 21.2. The Bertz CT molecular complexity index is 894. The van der Waals surface area contributed by atoms with E-state index < -0.39 is 0 Å². The van der Waals surface area contributed by atoms with Crippen LogP contribution in [0, 0.1) is 5.92 Å². The second-order valence-electron chi connectivity index (χ2n) is 9.21. The summed E-state index contributed by atoms with van der Waals surface area (Å²) in [6.45, 7) is 3.79. The van der Waals surface area contributed by atoms with Crippen LogP contribution in [-0.2, 0) is 4.79 Å². The predicted molar refractivity (Wildman–Crippen MR) is 120 cm³/mol. The molecule has 2 unspecified atom stereocenters. The van der Waals surface area contributed by atoms with Crippen LogP contribution in [0.3, 0.4) is 0 Å². The first kappa shape index (κ1) is 20.4. The molecule has 0 aliphatic carbocycles. The minimum Gasteiger partial charge on any atom is -0.497 e. The number of carbonyl (C=O) groups excluding carboxylic acids is 1. The molecule has 0 N–H and O–H groups in total. The highest BCUT2D eigenvalue weighted by molar-refractivity contribution is 5.79. The Hall–Kier alpha value is -2.47. The van der Waals surface area contributed by atoms with Gasteiger partial charge in [-0.1, -0.05) is 6.42 Å². The number of rotatable bonds is 4. The molecule has 0 saturated carbocycles. The monoisotopic (exact) mass is 420 g/mol. The summed E-state index contributed by atoms with van der Waals surface area (Å²) in [5, 5.41) is 0. The van der Waals surface area contributed by atoms with Crippen molar-refractivity contribution in [2.45, 2.75) is 50.5 Å². The van der Waals surface area contributed by atoms with Crippen LogP contribution in [0.25, 0.3) is 11.3 Å². The van der Waals surface area contributed by atoms with Gasteiger partial charge in [-0.3, -0.25) is 9.69 Å². The third-order valence-corrected chi connectivity index (χ3v) is 7.34. The number of aromatic nitrogens is 2. The van der Waals surface area contributed by atoms with Gasteiger partial charge in [-0.25, -0.2) is 9.97 Å². The lowest BCUT2D eigenvalue weighted by Gasteiger charge is -2.33. The Morgan fingerprint density at radius 2 is 1.84 bits per heavy atom. The van der Waals surface area contributed by atoms with Crippen LogP contribution in [0.2, 0.25) is 0 Å². The van der Waals surface area contributed by atoms with Crippen molar-refractivity contribution in [2.75, 3.05) is 33.3 Å². The first-order chi connectivity index (χ1) is 15.2. The van der Waals surface area contributed by atoms with Gasteiger partial charge in [0.05, 0.1) is 18.7 Å². The molecule has 0 radical (unpaired) electrons. The minimum absolute atomic E-state index is 0.203. The zero-order valence-electron chi connectivity index (χ0n) is 18.4. The standard InChI is InChI=1S/C25H32N4O2/c1-31-22-7-5-18(6-8-22)23-9-12-26-24(27-23)19-10-14-28(15-11-19)25(30)20-16-21-4-2-3-13-29(21)17-20/h5-9,12,19-21H,2-4,10-11,13-17H2,1H3. The fraction of sp³-hybridized carbons (Fsp3) is 0.560. The average molecular weight is 421 g/mol. The number of hydrogen-bond donors (Lipinski definition) is 0. The molecule has 1 aromatic carbocycles. The molecule has 2 atom stereocenters. The molecule has 6 heteroatoms. The Morgan fingerprint density at radius 3 is 2.58 bits per heavy atom. The van der Waals surface area contributed by atoms with Gasteiger partial charge in [0.1, 0.15) is 11.6 Å². The van der Waals surface area contributed by atoms with E-state index in [0.29, 0.717) is 17.9 Å². The average Bonchev–Trinajstić information content (AvgIpc) is 3.28. The van der Waals surface area contributed by atoms with E-state index in [1.54, 1.807) is 7.11 Å². The van der Waals surface area contributed by atoms with Gasteiger partial charge in [0.2, 0.25) is 5.91 Å². The molecule has 5 rings (SSSR count). The van der Waals surface area contributed by atoms with Gasteiger partial charge in [-0.2, -0.15) is 0 Å². The van der Waals surface area contributed by atoms with Crippen molar-refractivity contribution >= 4 is 5.91 Å². The van der Waals surface area contributed by atoms with Crippen molar-refractivity contribution in [3.8, 4) is 17.0 Å². The van der Waals surface area contributed by atoms with Gasteiger partial charge in [0.15, 0.2) is 0 Å². The van der Waals surface area contributed by atoms with Crippen molar-refractivity contribution in [3.05, 3.63) is 42.4 Å². The zero-order valence-corrected chi connectivity index (χ0v) is 18.4. The van der Waals surface area contributed by atoms with Crippen LogP contribution >= 0.6 is 0 Å². The van der Waals surface area contributed by atoms with Gasteiger partial charge >= 0.3 is 0 Å². The maximum Gasteiger partial charge on any atom is 0.227 e. The molecule has 3 aliphatic heterocycles. The van der Waals surface area contributed by atoms with Crippen LogP contribution < -0.4 is 4.74 Å². The molecule has 1 amide bonds. The fourth-order valence-corrected chi connectivity index (χ4v) is 5.54. The Kier molecular flexibility index (Phi) is 5.90. The summed E-state index contributed by atoms with van der Waals surface area (Å²) in [4.78, 5) is 27.2. The molecule has 3 saturated heterocycles. The summed E-state index contributed by atoms with van der Waals surface area (Å²) in [5.74, 6) is 2.64. The number of amides is 1. The molecule has 31 heavy (non-hydrogen) atoms. The van der Waals surface area contributed by atoms with Gasteiger partial charge in [0, 0.05) is 43.4 Å². The maximum absolute atomic E-state index is 13.1. The van der Waals surface area contributed by atoms with E-state index in [0.717, 1.165) is 61.7 Å². The van der Waals surface area contributed by atoms with Gasteiger partial charge in [0.25, 0.3) is 0 Å². The SMILES string of the molecule is COc1ccc(-c2ccnc(C3CCN(C(=O)C4CC5CCCCN5C4)CC3)n2)cc1. The molecule has 2 aromatic rings. The number of nitrogens with zero attached hydrogens (tertiary/aromatic N) is 4. The lowest BCUT2D eigenvalue weighted by Crippen LogP contribution is -2.42. The second kappa shape index (κ2) is 8.95. The normalized spacial score (nSPS) is 24.7. The van der Waals surface area contributed by atoms with Crippen LogP contribution in [0.4, 0.5) is 0 Å². The molecular weight excluding hydrogens is 388 g/mol. The molecule has 4 heterocycles. The number of fused-ring (bicyclic) bond motifs is 1. The molecule has 3 fully saturated rings. The summed E-state index contributed by atoms with van der Waals surface area (Å²) in [7, 11) is 1.67. The van der Waals surface area contributed by atoms with Crippen LogP contribution in [0.1, 0.15) is 50.3 Å². The number of benzene rings is 1. The Morgan fingerprint density at radius 1 is 1.03 bits per heavy atom. The second-order valence-corrected chi connectivity index (χ2v) is 9.21. The Balaban J connectivity index is 1.20. The largest absolute Gasteiger partial charge is 0.497 e. The highest BCUT2D eigenvalue weighted by Gasteiger charge is 2.39. The molecule has 0 bridgehead atoms. The van der Waals surface area contributed by atoms with E-state index in [1.165, 1.54) is 25.8 Å². The van der Waals surface area contributed by atoms with E-state index in [2.05, 4.69) is 14.8 Å². The quantitative estimate of drug-likeness (QED) is 0.754. The number of hydrogen-bond acceptors (Lipinski definition) is 5. The summed E-state index contributed by atoms with van der Waals surface area (Å²) < 4.78 is 5.25. The highest BCUT2D eigenvalue weighted by Crippen LogP contribution is 2.33. The van der Waals surface area contributed by atoms with Crippen LogP contribution in [-0.4, -0.2) is 65.0 Å². The molecule has 1 aromatic heterocycles. The summed E-state index contributed by atoms with van der Waals surface area (Å²) in [6, 6.07) is 10.6. The third kappa shape index (κ3) is 4.31. The molecule has 0 spiro atoms. The first-order valence-corrected chi connectivity index (χ1v) is 11.7. The molecule has 6 nitrogen and oxygen atoms in total.